The number of anilines is 1. The third kappa shape index (κ3) is 4.52. The van der Waals surface area contributed by atoms with Gasteiger partial charge < -0.3 is 14.5 Å². The fourth-order valence-corrected chi connectivity index (χ4v) is 1.95. The topological polar surface area (TPSA) is 51.5 Å². The Kier molecular flexibility index (Phi) is 5.42. The zero-order valence-electron chi connectivity index (χ0n) is 13.2. The Morgan fingerprint density at radius 3 is 2.55 bits per heavy atom. The fourth-order valence-electron chi connectivity index (χ4n) is 1.95. The number of aryl methyl sites for hydroxylation is 1. The summed E-state index contributed by atoms with van der Waals surface area (Å²) in [5.74, 6) is 1.77. The SMILES string of the molecule is CCCOc1ccc(N/C(C)=C/C(=O)c2ccc(C)o2)cc1. The number of ketones is 1. The molecule has 4 heteroatoms. The lowest BCUT2D eigenvalue weighted by Crippen LogP contribution is -2.01. The summed E-state index contributed by atoms with van der Waals surface area (Å²) in [6.07, 6.45) is 2.51. The highest BCUT2D eigenvalue weighted by Crippen LogP contribution is 2.17. The van der Waals surface area contributed by atoms with Crippen molar-refractivity contribution in [2.75, 3.05) is 11.9 Å². The maximum Gasteiger partial charge on any atom is 0.222 e. The van der Waals surface area contributed by atoms with Crippen LogP contribution in [-0.2, 0) is 0 Å². The molecule has 4 nitrogen and oxygen atoms in total. The molecular formula is C18H21NO3. The summed E-state index contributed by atoms with van der Waals surface area (Å²) in [5.41, 5.74) is 1.65. The molecule has 2 rings (SSSR count). The van der Waals surface area contributed by atoms with Crippen molar-refractivity contribution in [1.29, 1.82) is 0 Å². The Balaban J connectivity index is 1.97. The molecule has 0 saturated heterocycles. The summed E-state index contributed by atoms with van der Waals surface area (Å²) in [5, 5.41) is 3.18. The Morgan fingerprint density at radius 1 is 1.23 bits per heavy atom. The molecule has 0 radical (unpaired) electrons. The van der Waals surface area contributed by atoms with E-state index in [1.807, 2.05) is 38.1 Å². The molecular weight excluding hydrogens is 278 g/mol. The van der Waals surface area contributed by atoms with Gasteiger partial charge in [-0.2, -0.15) is 0 Å². The van der Waals surface area contributed by atoms with E-state index in [0.717, 1.165) is 29.3 Å². The van der Waals surface area contributed by atoms with Gasteiger partial charge in [0.1, 0.15) is 11.5 Å². The smallest absolute Gasteiger partial charge is 0.222 e. The maximum atomic E-state index is 12.0. The van der Waals surface area contributed by atoms with Gasteiger partial charge >= 0.3 is 0 Å². The van der Waals surface area contributed by atoms with Gasteiger partial charge in [-0.05, 0) is 56.7 Å². The number of furan rings is 1. The zero-order chi connectivity index (χ0) is 15.9. The minimum Gasteiger partial charge on any atom is -0.494 e. The third-order valence-electron chi connectivity index (χ3n) is 3.00. The van der Waals surface area contributed by atoms with E-state index in [4.69, 9.17) is 9.15 Å². The average molecular weight is 299 g/mol. The van der Waals surface area contributed by atoms with Crippen molar-refractivity contribution in [3.05, 3.63) is 59.7 Å². The first kappa shape index (κ1) is 15.9. The molecule has 0 aliphatic carbocycles. The van der Waals surface area contributed by atoms with Crippen molar-refractivity contribution >= 4 is 11.5 Å². The number of hydrogen-bond acceptors (Lipinski definition) is 4. The van der Waals surface area contributed by atoms with E-state index in [9.17, 15) is 4.79 Å². The molecule has 0 aliphatic heterocycles. The van der Waals surface area contributed by atoms with Crippen molar-refractivity contribution < 1.29 is 13.9 Å². The van der Waals surface area contributed by atoms with E-state index in [1.165, 1.54) is 6.08 Å². The quantitative estimate of drug-likeness (QED) is 0.601. The van der Waals surface area contributed by atoms with E-state index in [0.29, 0.717) is 12.4 Å². The van der Waals surface area contributed by atoms with Crippen LogP contribution in [0.4, 0.5) is 5.69 Å². The monoisotopic (exact) mass is 299 g/mol. The zero-order valence-corrected chi connectivity index (χ0v) is 13.2. The highest BCUT2D eigenvalue weighted by Gasteiger charge is 2.07. The van der Waals surface area contributed by atoms with E-state index >= 15 is 0 Å². The summed E-state index contributed by atoms with van der Waals surface area (Å²) in [6.45, 7) is 6.44. The van der Waals surface area contributed by atoms with Gasteiger partial charge in [0.05, 0.1) is 6.61 Å². The van der Waals surface area contributed by atoms with Crippen LogP contribution in [0, 0.1) is 6.92 Å². The van der Waals surface area contributed by atoms with Crippen LogP contribution in [0.25, 0.3) is 0 Å². The first-order valence-electron chi connectivity index (χ1n) is 7.37. The van der Waals surface area contributed by atoms with E-state index in [1.54, 1.807) is 12.1 Å². The third-order valence-corrected chi connectivity index (χ3v) is 3.00. The van der Waals surface area contributed by atoms with Gasteiger partial charge in [0, 0.05) is 17.5 Å². The van der Waals surface area contributed by atoms with Gasteiger partial charge in [0.2, 0.25) is 5.78 Å². The molecule has 0 unspecified atom stereocenters. The van der Waals surface area contributed by atoms with Crippen molar-refractivity contribution in [3.63, 3.8) is 0 Å². The lowest BCUT2D eigenvalue weighted by molar-refractivity contribution is 0.102. The van der Waals surface area contributed by atoms with Crippen molar-refractivity contribution in [2.45, 2.75) is 27.2 Å². The molecule has 0 spiro atoms. The molecule has 0 saturated carbocycles. The first-order valence-corrected chi connectivity index (χ1v) is 7.37. The minimum atomic E-state index is -0.152. The standard InChI is InChI=1S/C18H21NO3/c1-4-11-21-16-8-6-15(7-9-16)19-13(2)12-17(20)18-10-5-14(3)22-18/h5-10,12,19H,4,11H2,1-3H3/b13-12+. The van der Waals surface area contributed by atoms with Crippen LogP contribution in [0.2, 0.25) is 0 Å². The normalized spacial score (nSPS) is 11.3. The van der Waals surface area contributed by atoms with Gasteiger partial charge in [-0.3, -0.25) is 4.79 Å². The van der Waals surface area contributed by atoms with Crippen molar-refractivity contribution in [1.82, 2.24) is 0 Å². The van der Waals surface area contributed by atoms with Crippen molar-refractivity contribution in [3.8, 4) is 5.75 Å². The summed E-state index contributed by atoms with van der Waals surface area (Å²) < 4.78 is 10.8. The molecule has 2 aromatic rings. The summed E-state index contributed by atoms with van der Waals surface area (Å²) in [7, 11) is 0. The second-order valence-corrected chi connectivity index (χ2v) is 5.10. The lowest BCUT2D eigenvalue weighted by atomic mass is 10.2. The van der Waals surface area contributed by atoms with Crippen molar-refractivity contribution in [2.24, 2.45) is 0 Å². The molecule has 22 heavy (non-hydrogen) atoms. The fraction of sp³-hybridized carbons (Fsp3) is 0.278. The van der Waals surface area contributed by atoms with Crippen LogP contribution in [0.5, 0.6) is 5.75 Å². The predicted molar refractivity (Wildman–Crippen MR) is 87.4 cm³/mol. The highest BCUT2D eigenvalue weighted by molar-refractivity contribution is 6.03. The van der Waals surface area contributed by atoms with Gasteiger partial charge in [0.15, 0.2) is 5.76 Å². The Morgan fingerprint density at radius 2 is 1.95 bits per heavy atom. The van der Waals surface area contributed by atoms with E-state index < -0.39 is 0 Å². The minimum absolute atomic E-state index is 0.152. The number of carbonyl (C=O) groups excluding carboxylic acids is 1. The first-order chi connectivity index (χ1) is 10.6. The van der Waals surface area contributed by atoms with Crippen LogP contribution in [-0.4, -0.2) is 12.4 Å². The second-order valence-electron chi connectivity index (χ2n) is 5.10. The molecule has 0 atom stereocenters. The van der Waals surface area contributed by atoms with E-state index in [2.05, 4.69) is 12.2 Å². The Hall–Kier alpha value is -2.49. The summed E-state index contributed by atoms with van der Waals surface area (Å²) in [6, 6.07) is 11.1. The number of allylic oxidation sites excluding steroid dienone is 2. The average Bonchev–Trinajstić information content (AvgIpc) is 2.93. The number of ether oxygens (including phenoxy) is 1. The molecule has 0 amide bonds. The lowest BCUT2D eigenvalue weighted by Gasteiger charge is -2.08. The molecule has 1 aromatic carbocycles. The number of benzene rings is 1. The van der Waals surface area contributed by atoms with Gasteiger partial charge in [-0.15, -0.1) is 0 Å². The van der Waals surface area contributed by atoms with Gasteiger partial charge in [0.25, 0.3) is 0 Å². The Bertz CT molecular complexity index is 653. The second kappa shape index (κ2) is 7.50. The molecule has 116 valence electrons. The van der Waals surface area contributed by atoms with Crippen LogP contribution in [0.1, 0.15) is 36.6 Å². The van der Waals surface area contributed by atoms with Gasteiger partial charge in [-0.25, -0.2) is 0 Å². The molecule has 0 fully saturated rings. The van der Waals surface area contributed by atoms with Crippen LogP contribution >= 0.6 is 0 Å². The highest BCUT2D eigenvalue weighted by atomic mass is 16.5. The molecule has 0 aliphatic rings. The molecule has 1 heterocycles. The Labute approximate surface area is 130 Å². The number of rotatable bonds is 7. The van der Waals surface area contributed by atoms with Gasteiger partial charge in [-0.1, -0.05) is 6.92 Å². The van der Waals surface area contributed by atoms with Crippen LogP contribution in [0.3, 0.4) is 0 Å². The van der Waals surface area contributed by atoms with E-state index in [-0.39, 0.29) is 5.78 Å². The van der Waals surface area contributed by atoms with Crippen LogP contribution < -0.4 is 10.1 Å². The molecule has 1 aromatic heterocycles. The number of hydrogen-bond donors (Lipinski definition) is 1. The largest absolute Gasteiger partial charge is 0.494 e. The number of carbonyl (C=O) groups is 1. The molecule has 0 bridgehead atoms. The maximum absolute atomic E-state index is 12.0. The summed E-state index contributed by atoms with van der Waals surface area (Å²) in [4.78, 5) is 12.0. The summed E-state index contributed by atoms with van der Waals surface area (Å²) >= 11 is 0. The number of nitrogens with one attached hydrogen (secondary N) is 1. The van der Waals surface area contributed by atoms with Crippen LogP contribution in [0.15, 0.2) is 52.6 Å². The predicted octanol–water partition coefficient (Wildman–Crippen LogP) is 4.58. The molecule has 1 N–H and O–H groups in total.